The molecular formula is C8H11ClN2S. The molecule has 0 unspecified atom stereocenters. The maximum absolute atomic E-state index is 5.96. The SMILES string of the molecule is Cl.NC12CC(c3nccs3)(C1)C2. The number of nitrogens with zero attached hydrogens (tertiary/aromatic N) is 1. The molecule has 2 N–H and O–H groups in total. The number of rotatable bonds is 1. The summed E-state index contributed by atoms with van der Waals surface area (Å²) in [6, 6.07) is 0. The normalized spacial score (nSPS) is 42.4. The van der Waals surface area contributed by atoms with Crippen molar-refractivity contribution >= 4 is 23.7 Å². The van der Waals surface area contributed by atoms with E-state index in [0.717, 1.165) is 0 Å². The third kappa shape index (κ3) is 0.817. The highest BCUT2D eigenvalue weighted by molar-refractivity contribution is 7.09. The predicted molar refractivity (Wildman–Crippen MR) is 51.8 cm³/mol. The first-order chi connectivity index (χ1) is 5.23. The monoisotopic (exact) mass is 202 g/mol. The van der Waals surface area contributed by atoms with Gasteiger partial charge in [-0.15, -0.1) is 23.7 Å². The van der Waals surface area contributed by atoms with Crippen molar-refractivity contribution < 1.29 is 0 Å². The third-order valence-electron chi connectivity index (χ3n) is 2.96. The number of hydrogen-bond donors (Lipinski definition) is 1. The fourth-order valence-corrected chi connectivity index (χ4v) is 3.42. The van der Waals surface area contributed by atoms with E-state index in [9.17, 15) is 0 Å². The molecule has 0 amide bonds. The van der Waals surface area contributed by atoms with E-state index in [1.807, 2.05) is 6.20 Å². The second-order valence-corrected chi connectivity index (χ2v) is 4.90. The molecule has 1 heterocycles. The molecule has 3 fully saturated rings. The second-order valence-electron chi connectivity index (χ2n) is 4.01. The quantitative estimate of drug-likeness (QED) is 0.753. The number of aromatic nitrogens is 1. The molecule has 4 rings (SSSR count). The zero-order chi connectivity index (χ0) is 7.53. The minimum absolute atomic E-state index is 0. The lowest BCUT2D eigenvalue weighted by Gasteiger charge is -2.68. The van der Waals surface area contributed by atoms with Crippen LogP contribution >= 0.6 is 23.7 Å². The molecule has 66 valence electrons. The molecule has 1 aromatic rings. The van der Waals surface area contributed by atoms with Crippen LogP contribution in [0.1, 0.15) is 24.3 Å². The summed E-state index contributed by atoms with van der Waals surface area (Å²) in [4.78, 5) is 4.34. The van der Waals surface area contributed by atoms with Gasteiger partial charge in [0.25, 0.3) is 0 Å². The van der Waals surface area contributed by atoms with Gasteiger partial charge in [0.15, 0.2) is 0 Å². The molecule has 0 saturated heterocycles. The van der Waals surface area contributed by atoms with Crippen LogP contribution in [0.25, 0.3) is 0 Å². The highest BCUT2D eigenvalue weighted by atomic mass is 35.5. The number of nitrogens with two attached hydrogens (primary N) is 1. The van der Waals surface area contributed by atoms with Crippen LogP contribution in [0.4, 0.5) is 0 Å². The number of thiazole rings is 1. The molecule has 0 aromatic carbocycles. The maximum atomic E-state index is 5.96. The molecule has 2 bridgehead atoms. The molecule has 1 aromatic heterocycles. The zero-order valence-electron chi connectivity index (χ0n) is 6.62. The Bertz CT molecular complexity index is 276. The Morgan fingerprint density at radius 3 is 2.50 bits per heavy atom. The topological polar surface area (TPSA) is 38.9 Å². The minimum atomic E-state index is 0. The van der Waals surface area contributed by atoms with Gasteiger partial charge in [-0.05, 0) is 19.3 Å². The van der Waals surface area contributed by atoms with Crippen molar-refractivity contribution in [1.82, 2.24) is 4.98 Å². The van der Waals surface area contributed by atoms with Crippen LogP contribution in [0.2, 0.25) is 0 Å². The summed E-state index contributed by atoms with van der Waals surface area (Å²) in [5.41, 5.74) is 6.60. The summed E-state index contributed by atoms with van der Waals surface area (Å²) in [5.74, 6) is 0. The highest BCUT2D eigenvalue weighted by Gasteiger charge is 2.67. The summed E-state index contributed by atoms with van der Waals surface area (Å²) in [6.45, 7) is 0. The molecule has 0 aliphatic heterocycles. The van der Waals surface area contributed by atoms with Gasteiger partial charge < -0.3 is 5.73 Å². The lowest BCUT2D eigenvalue weighted by atomic mass is 9.40. The van der Waals surface area contributed by atoms with Crippen LogP contribution in [-0.4, -0.2) is 10.5 Å². The Morgan fingerprint density at radius 2 is 2.08 bits per heavy atom. The number of hydrogen-bond acceptors (Lipinski definition) is 3. The molecule has 0 atom stereocenters. The van der Waals surface area contributed by atoms with Crippen LogP contribution in [0.5, 0.6) is 0 Å². The summed E-state index contributed by atoms with van der Waals surface area (Å²) in [7, 11) is 0. The summed E-state index contributed by atoms with van der Waals surface area (Å²) >= 11 is 1.78. The van der Waals surface area contributed by atoms with E-state index < -0.39 is 0 Å². The van der Waals surface area contributed by atoms with E-state index in [1.165, 1.54) is 24.3 Å². The van der Waals surface area contributed by atoms with Gasteiger partial charge in [0.1, 0.15) is 0 Å². The summed E-state index contributed by atoms with van der Waals surface area (Å²) in [6.07, 6.45) is 5.41. The zero-order valence-corrected chi connectivity index (χ0v) is 8.25. The van der Waals surface area contributed by atoms with E-state index in [4.69, 9.17) is 5.73 Å². The van der Waals surface area contributed by atoms with Gasteiger partial charge in [-0.2, -0.15) is 0 Å². The third-order valence-corrected chi connectivity index (χ3v) is 3.98. The predicted octanol–water partition coefficient (Wildman–Crippen LogP) is 1.70. The van der Waals surface area contributed by atoms with Crippen LogP contribution < -0.4 is 5.73 Å². The Hall–Kier alpha value is -0.120. The van der Waals surface area contributed by atoms with Gasteiger partial charge in [0.05, 0.1) is 5.01 Å². The molecule has 3 aliphatic rings. The van der Waals surface area contributed by atoms with Gasteiger partial charge in [-0.25, -0.2) is 4.98 Å². The van der Waals surface area contributed by atoms with Gasteiger partial charge in [-0.3, -0.25) is 0 Å². The summed E-state index contributed by atoms with van der Waals surface area (Å²) in [5, 5.41) is 3.36. The Labute approximate surface area is 81.6 Å². The van der Waals surface area contributed by atoms with Crippen LogP contribution in [0, 0.1) is 0 Å². The van der Waals surface area contributed by atoms with Gasteiger partial charge in [0.2, 0.25) is 0 Å². The van der Waals surface area contributed by atoms with E-state index in [1.54, 1.807) is 11.3 Å². The van der Waals surface area contributed by atoms with Gasteiger partial charge in [-0.1, -0.05) is 0 Å². The van der Waals surface area contributed by atoms with Crippen molar-refractivity contribution in [1.29, 1.82) is 0 Å². The standard InChI is InChI=1S/C8H10N2S.ClH/c9-8-3-7(4-8,5-8)6-10-1-2-11-6;/h1-2H,3-5,9H2;1H. The molecule has 12 heavy (non-hydrogen) atoms. The first-order valence-electron chi connectivity index (χ1n) is 3.91. The fraction of sp³-hybridized carbons (Fsp3) is 0.625. The molecule has 2 nitrogen and oxygen atoms in total. The lowest BCUT2D eigenvalue weighted by Crippen LogP contribution is -2.74. The van der Waals surface area contributed by atoms with Crippen molar-refractivity contribution in [2.24, 2.45) is 5.73 Å². The van der Waals surface area contributed by atoms with Crippen LogP contribution in [-0.2, 0) is 5.41 Å². The molecule has 3 aliphatic carbocycles. The maximum Gasteiger partial charge on any atom is 0.0988 e. The first kappa shape index (κ1) is 8.48. The van der Waals surface area contributed by atoms with Crippen LogP contribution in [0.15, 0.2) is 11.6 Å². The van der Waals surface area contributed by atoms with E-state index in [0.29, 0.717) is 5.41 Å². The lowest BCUT2D eigenvalue weighted by molar-refractivity contribution is -0.0590. The Balaban J connectivity index is 0.000000563. The molecule has 0 radical (unpaired) electrons. The van der Waals surface area contributed by atoms with Crippen LogP contribution in [0.3, 0.4) is 0 Å². The fourth-order valence-electron chi connectivity index (χ4n) is 2.58. The molecule has 4 heteroatoms. The van der Waals surface area contributed by atoms with Crippen molar-refractivity contribution in [2.45, 2.75) is 30.2 Å². The largest absolute Gasteiger partial charge is 0.325 e. The average molecular weight is 203 g/mol. The Kier molecular flexibility index (Phi) is 1.57. The number of halogens is 1. The molecular weight excluding hydrogens is 192 g/mol. The minimum Gasteiger partial charge on any atom is -0.325 e. The average Bonchev–Trinajstić information content (AvgIpc) is 2.28. The van der Waals surface area contributed by atoms with Crippen molar-refractivity contribution in [3.8, 4) is 0 Å². The van der Waals surface area contributed by atoms with Gasteiger partial charge >= 0.3 is 0 Å². The van der Waals surface area contributed by atoms with E-state index in [2.05, 4.69) is 10.4 Å². The molecule has 0 spiro atoms. The smallest absolute Gasteiger partial charge is 0.0988 e. The van der Waals surface area contributed by atoms with Gasteiger partial charge in [0, 0.05) is 22.5 Å². The van der Waals surface area contributed by atoms with E-state index in [-0.39, 0.29) is 17.9 Å². The summed E-state index contributed by atoms with van der Waals surface area (Å²) < 4.78 is 0. The van der Waals surface area contributed by atoms with E-state index >= 15 is 0 Å². The molecule has 3 saturated carbocycles. The first-order valence-corrected chi connectivity index (χ1v) is 4.79. The van der Waals surface area contributed by atoms with Crippen molar-refractivity contribution in [2.75, 3.05) is 0 Å². The highest BCUT2D eigenvalue weighted by Crippen LogP contribution is 2.66. The Morgan fingerprint density at radius 1 is 1.42 bits per heavy atom. The van der Waals surface area contributed by atoms with Crippen molar-refractivity contribution in [3.05, 3.63) is 16.6 Å². The van der Waals surface area contributed by atoms with Crippen molar-refractivity contribution in [3.63, 3.8) is 0 Å². The second kappa shape index (κ2) is 2.22.